The Kier molecular flexibility index (Phi) is 5.27. The minimum absolute atomic E-state index is 0.198. The molecule has 2 saturated heterocycles. The largest absolute Gasteiger partial charge is 0.444 e. The first-order valence-electron chi connectivity index (χ1n) is 9.40. The van der Waals surface area contributed by atoms with Crippen LogP contribution in [0.1, 0.15) is 31.4 Å². The van der Waals surface area contributed by atoms with E-state index in [2.05, 4.69) is 14.8 Å². The molecule has 0 aliphatic carbocycles. The zero-order valence-electron chi connectivity index (χ0n) is 14.9. The Hall–Kier alpha value is -1.85. The van der Waals surface area contributed by atoms with E-state index in [0.29, 0.717) is 16.8 Å². The number of amides is 1. The van der Waals surface area contributed by atoms with Gasteiger partial charge in [-0.2, -0.15) is 0 Å². The maximum atomic E-state index is 12.5. The second-order valence-electron chi connectivity index (χ2n) is 7.24. The Morgan fingerprint density at radius 1 is 1.19 bits per heavy atom. The van der Waals surface area contributed by atoms with Crippen molar-refractivity contribution >= 4 is 17.5 Å². The second kappa shape index (κ2) is 7.80. The lowest BCUT2D eigenvalue weighted by Crippen LogP contribution is -2.41. The fraction of sp³-hybridized carbons (Fsp3) is 0.500. The molecule has 0 bridgehead atoms. The van der Waals surface area contributed by atoms with E-state index in [-0.39, 0.29) is 5.92 Å². The van der Waals surface area contributed by atoms with Gasteiger partial charge in [-0.1, -0.05) is 17.7 Å². The van der Waals surface area contributed by atoms with Gasteiger partial charge in [-0.15, -0.1) is 0 Å². The Labute approximate surface area is 158 Å². The molecule has 138 valence electrons. The van der Waals surface area contributed by atoms with E-state index >= 15 is 0 Å². The summed E-state index contributed by atoms with van der Waals surface area (Å²) in [7, 11) is 0. The Morgan fingerprint density at radius 2 is 1.96 bits per heavy atom. The molecule has 0 saturated carbocycles. The zero-order chi connectivity index (χ0) is 17.9. The molecule has 0 radical (unpaired) electrons. The number of nitrogens with zero attached hydrogens (tertiary/aromatic N) is 3. The van der Waals surface area contributed by atoms with Crippen LogP contribution in [-0.2, 0) is 11.3 Å². The number of halogens is 1. The van der Waals surface area contributed by atoms with E-state index in [1.54, 1.807) is 6.26 Å². The molecule has 0 N–H and O–H groups in total. The lowest BCUT2D eigenvalue weighted by atomic mass is 9.95. The van der Waals surface area contributed by atoms with Gasteiger partial charge in [-0.25, -0.2) is 4.98 Å². The van der Waals surface area contributed by atoms with Crippen molar-refractivity contribution in [3.8, 4) is 11.5 Å². The molecule has 4 rings (SSSR count). The molecule has 2 aliphatic rings. The Morgan fingerprint density at radius 3 is 2.69 bits per heavy atom. The molecular weight excluding hydrogens is 350 g/mol. The summed E-state index contributed by atoms with van der Waals surface area (Å²) in [6.07, 6.45) is 5.91. The summed E-state index contributed by atoms with van der Waals surface area (Å²) >= 11 is 6.03. The van der Waals surface area contributed by atoms with Gasteiger partial charge in [0.05, 0.1) is 5.69 Å². The lowest BCUT2D eigenvalue weighted by Gasteiger charge is -2.32. The quantitative estimate of drug-likeness (QED) is 0.817. The van der Waals surface area contributed by atoms with Crippen LogP contribution in [0.15, 0.2) is 34.9 Å². The minimum atomic E-state index is 0.198. The maximum Gasteiger partial charge on any atom is 0.226 e. The average molecular weight is 374 g/mol. The van der Waals surface area contributed by atoms with Crippen molar-refractivity contribution in [2.24, 2.45) is 5.92 Å². The van der Waals surface area contributed by atoms with Crippen LogP contribution >= 0.6 is 11.6 Å². The van der Waals surface area contributed by atoms with Crippen molar-refractivity contribution < 1.29 is 9.21 Å². The molecule has 0 spiro atoms. The summed E-state index contributed by atoms with van der Waals surface area (Å²) in [6, 6.07) is 7.52. The molecule has 1 amide bonds. The highest BCUT2D eigenvalue weighted by atomic mass is 35.5. The molecule has 5 nitrogen and oxygen atoms in total. The van der Waals surface area contributed by atoms with Crippen LogP contribution in [0.3, 0.4) is 0 Å². The van der Waals surface area contributed by atoms with Gasteiger partial charge in [0.1, 0.15) is 6.26 Å². The van der Waals surface area contributed by atoms with Crippen LogP contribution in [0.2, 0.25) is 5.02 Å². The second-order valence-corrected chi connectivity index (χ2v) is 7.67. The summed E-state index contributed by atoms with van der Waals surface area (Å²) in [5, 5.41) is 0.673. The number of hydrogen-bond acceptors (Lipinski definition) is 4. The Bertz CT molecular complexity index is 762. The number of carbonyl (C=O) groups is 1. The van der Waals surface area contributed by atoms with Crippen LogP contribution in [0, 0.1) is 5.92 Å². The van der Waals surface area contributed by atoms with Crippen LogP contribution in [0.5, 0.6) is 0 Å². The van der Waals surface area contributed by atoms with Crippen molar-refractivity contribution in [2.75, 3.05) is 26.2 Å². The van der Waals surface area contributed by atoms with Gasteiger partial charge in [0.25, 0.3) is 0 Å². The molecule has 6 heteroatoms. The lowest BCUT2D eigenvalue weighted by molar-refractivity contribution is -0.136. The summed E-state index contributed by atoms with van der Waals surface area (Å²) in [5.74, 6) is 1.16. The summed E-state index contributed by atoms with van der Waals surface area (Å²) in [6.45, 7) is 4.52. The number of rotatable bonds is 4. The molecule has 2 aliphatic heterocycles. The van der Waals surface area contributed by atoms with Gasteiger partial charge in [0, 0.05) is 36.1 Å². The van der Waals surface area contributed by atoms with Gasteiger partial charge in [0.15, 0.2) is 0 Å². The third kappa shape index (κ3) is 3.94. The first-order valence-corrected chi connectivity index (χ1v) is 9.78. The Balaban J connectivity index is 1.31. The van der Waals surface area contributed by atoms with Crippen LogP contribution in [0.25, 0.3) is 11.5 Å². The van der Waals surface area contributed by atoms with Crippen molar-refractivity contribution in [1.29, 1.82) is 0 Å². The molecule has 2 aromatic rings. The van der Waals surface area contributed by atoms with E-state index in [9.17, 15) is 4.79 Å². The first-order chi connectivity index (χ1) is 12.7. The fourth-order valence-corrected chi connectivity index (χ4v) is 4.09. The monoisotopic (exact) mass is 373 g/mol. The number of piperidine rings is 1. The average Bonchev–Trinajstić information content (AvgIpc) is 3.34. The SMILES string of the molecule is O=C(C1CCN(Cc2coc(-c3cccc(Cl)c3)n2)CC1)N1CCCC1. The highest BCUT2D eigenvalue weighted by Crippen LogP contribution is 2.25. The predicted molar refractivity (Wildman–Crippen MR) is 101 cm³/mol. The van der Waals surface area contributed by atoms with E-state index in [1.165, 1.54) is 0 Å². The third-order valence-corrected chi connectivity index (χ3v) is 5.60. The molecule has 3 heterocycles. The molecule has 0 atom stereocenters. The van der Waals surface area contributed by atoms with E-state index in [4.69, 9.17) is 16.0 Å². The van der Waals surface area contributed by atoms with Crippen molar-refractivity contribution in [2.45, 2.75) is 32.2 Å². The van der Waals surface area contributed by atoms with Crippen molar-refractivity contribution in [3.63, 3.8) is 0 Å². The molecule has 1 aromatic heterocycles. The van der Waals surface area contributed by atoms with Gasteiger partial charge in [-0.3, -0.25) is 9.69 Å². The van der Waals surface area contributed by atoms with E-state index < -0.39 is 0 Å². The topological polar surface area (TPSA) is 49.6 Å². The van der Waals surface area contributed by atoms with Gasteiger partial charge in [0.2, 0.25) is 11.8 Å². The number of carbonyl (C=O) groups excluding carboxylic acids is 1. The number of benzene rings is 1. The third-order valence-electron chi connectivity index (χ3n) is 5.36. The summed E-state index contributed by atoms with van der Waals surface area (Å²) in [4.78, 5) is 21.5. The standard InChI is InChI=1S/C20H24ClN3O2/c21-17-5-3-4-16(12-17)19-22-18(14-26-19)13-23-10-6-15(7-11-23)20(25)24-8-1-2-9-24/h3-5,12,14-15H,1-2,6-11,13H2. The normalized spacial score (nSPS) is 19.2. The summed E-state index contributed by atoms with van der Waals surface area (Å²) < 4.78 is 5.62. The van der Waals surface area contributed by atoms with E-state index in [1.807, 2.05) is 24.3 Å². The highest BCUT2D eigenvalue weighted by molar-refractivity contribution is 6.30. The van der Waals surface area contributed by atoms with Gasteiger partial charge >= 0.3 is 0 Å². The van der Waals surface area contributed by atoms with Gasteiger partial charge < -0.3 is 9.32 Å². The highest BCUT2D eigenvalue weighted by Gasteiger charge is 2.30. The summed E-state index contributed by atoms with van der Waals surface area (Å²) in [5.41, 5.74) is 1.81. The number of oxazole rings is 1. The number of hydrogen-bond donors (Lipinski definition) is 0. The van der Waals surface area contributed by atoms with Crippen molar-refractivity contribution in [3.05, 3.63) is 41.2 Å². The number of aromatic nitrogens is 1. The van der Waals surface area contributed by atoms with E-state index in [0.717, 1.165) is 69.7 Å². The zero-order valence-corrected chi connectivity index (χ0v) is 15.6. The molecule has 26 heavy (non-hydrogen) atoms. The minimum Gasteiger partial charge on any atom is -0.444 e. The number of likely N-dealkylation sites (tertiary alicyclic amines) is 2. The maximum absolute atomic E-state index is 12.5. The fourth-order valence-electron chi connectivity index (χ4n) is 3.90. The molecular formula is C20H24ClN3O2. The van der Waals surface area contributed by atoms with Crippen LogP contribution in [0.4, 0.5) is 0 Å². The predicted octanol–water partition coefficient (Wildman–Crippen LogP) is 3.83. The molecule has 0 unspecified atom stereocenters. The smallest absolute Gasteiger partial charge is 0.226 e. The first kappa shape index (κ1) is 17.6. The molecule has 2 fully saturated rings. The van der Waals surface area contributed by atoms with Crippen LogP contribution < -0.4 is 0 Å². The van der Waals surface area contributed by atoms with Crippen LogP contribution in [-0.4, -0.2) is 46.9 Å². The molecule has 1 aromatic carbocycles. The van der Waals surface area contributed by atoms with Crippen molar-refractivity contribution in [1.82, 2.24) is 14.8 Å². The van der Waals surface area contributed by atoms with Gasteiger partial charge in [-0.05, 0) is 57.0 Å².